The van der Waals surface area contributed by atoms with Crippen molar-refractivity contribution in [2.75, 3.05) is 21.3 Å². The van der Waals surface area contributed by atoms with Gasteiger partial charge in [0.15, 0.2) is 11.5 Å². The zero-order valence-electron chi connectivity index (χ0n) is 13.4. The van der Waals surface area contributed by atoms with Gasteiger partial charge in [0.2, 0.25) is 5.75 Å². The highest BCUT2D eigenvalue weighted by Crippen LogP contribution is 2.39. The van der Waals surface area contributed by atoms with Crippen LogP contribution in [-0.2, 0) is 4.79 Å². The first kappa shape index (κ1) is 16.9. The fourth-order valence-electron chi connectivity index (χ4n) is 2.88. The van der Waals surface area contributed by atoms with Crippen molar-refractivity contribution in [2.24, 2.45) is 5.92 Å². The Morgan fingerprint density at radius 2 is 1.78 bits per heavy atom. The third-order valence-corrected chi connectivity index (χ3v) is 4.07. The summed E-state index contributed by atoms with van der Waals surface area (Å²) in [5, 5.41) is 11.9. The summed E-state index contributed by atoms with van der Waals surface area (Å²) < 4.78 is 15.7. The molecule has 1 fully saturated rings. The lowest BCUT2D eigenvalue weighted by Crippen LogP contribution is -2.33. The summed E-state index contributed by atoms with van der Waals surface area (Å²) in [6.07, 6.45) is 1.67. The lowest BCUT2D eigenvalue weighted by molar-refractivity contribution is -0.141. The summed E-state index contributed by atoms with van der Waals surface area (Å²) in [4.78, 5) is 23.5. The number of amides is 1. The summed E-state index contributed by atoms with van der Waals surface area (Å²) >= 11 is 0. The molecule has 7 nitrogen and oxygen atoms in total. The molecular formula is C16H21NO6. The van der Waals surface area contributed by atoms with Crippen LogP contribution in [0.2, 0.25) is 0 Å². The van der Waals surface area contributed by atoms with E-state index in [1.807, 2.05) is 0 Å². The Balaban J connectivity index is 2.18. The van der Waals surface area contributed by atoms with Gasteiger partial charge in [0, 0.05) is 6.04 Å². The first-order chi connectivity index (χ1) is 11.0. The van der Waals surface area contributed by atoms with Gasteiger partial charge in [-0.1, -0.05) is 0 Å². The fraction of sp³-hybridized carbons (Fsp3) is 0.500. The fourth-order valence-corrected chi connectivity index (χ4v) is 2.88. The summed E-state index contributed by atoms with van der Waals surface area (Å²) in [5.74, 6) is -0.431. The van der Waals surface area contributed by atoms with Crippen LogP contribution in [-0.4, -0.2) is 44.4 Å². The molecule has 1 saturated carbocycles. The largest absolute Gasteiger partial charge is 0.493 e. The zero-order valence-corrected chi connectivity index (χ0v) is 13.4. The van der Waals surface area contributed by atoms with Gasteiger partial charge in [0.1, 0.15) is 0 Å². The Morgan fingerprint density at radius 1 is 1.09 bits per heavy atom. The number of hydrogen-bond acceptors (Lipinski definition) is 5. The zero-order chi connectivity index (χ0) is 17.0. The Hall–Kier alpha value is -2.44. The van der Waals surface area contributed by atoms with E-state index in [2.05, 4.69) is 5.32 Å². The summed E-state index contributed by atoms with van der Waals surface area (Å²) in [5.41, 5.74) is 0.323. The number of aliphatic carboxylic acids is 1. The lowest BCUT2D eigenvalue weighted by atomic mass is 10.1. The molecule has 0 heterocycles. The van der Waals surface area contributed by atoms with Crippen LogP contribution in [0.1, 0.15) is 29.6 Å². The molecule has 1 amide bonds. The molecule has 0 unspecified atom stereocenters. The summed E-state index contributed by atoms with van der Waals surface area (Å²) in [6, 6.07) is 3.07. The predicted octanol–water partition coefficient (Wildman–Crippen LogP) is 1.70. The maximum absolute atomic E-state index is 12.5. The number of rotatable bonds is 6. The van der Waals surface area contributed by atoms with Gasteiger partial charge in [-0.2, -0.15) is 0 Å². The number of carbonyl (C=O) groups excluding carboxylic acids is 1. The van der Waals surface area contributed by atoms with E-state index in [1.165, 1.54) is 21.3 Å². The summed E-state index contributed by atoms with van der Waals surface area (Å²) in [6.45, 7) is 0. The Morgan fingerprint density at radius 3 is 2.30 bits per heavy atom. The van der Waals surface area contributed by atoms with Crippen molar-refractivity contribution in [3.8, 4) is 17.2 Å². The van der Waals surface area contributed by atoms with Crippen LogP contribution >= 0.6 is 0 Å². The second-order valence-corrected chi connectivity index (χ2v) is 5.40. The van der Waals surface area contributed by atoms with Crippen molar-refractivity contribution in [1.29, 1.82) is 0 Å². The highest BCUT2D eigenvalue weighted by atomic mass is 16.5. The van der Waals surface area contributed by atoms with Crippen LogP contribution in [0.3, 0.4) is 0 Å². The second kappa shape index (κ2) is 7.21. The predicted molar refractivity (Wildman–Crippen MR) is 82.3 cm³/mol. The van der Waals surface area contributed by atoms with E-state index in [0.29, 0.717) is 36.3 Å². The third-order valence-electron chi connectivity index (χ3n) is 4.07. The van der Waals surface area contributed by atoms with Gasteiger partial charge in [0.05, 0.1) is 32.8 Å². The normalized spacial score (nSPS) is 20.0. The molecular weight excluding hydrogens is 302 g/mol. The van der Waals surface area contributed by atoms with E-state index >= 15 is 0 Å². The molecule has 1 aromatic rings. The Bertz CT molecular complexity index is 600. The minimum absolute atomic E-state index is 0.151. The van der Waals surface area contributed by atoms with Gasteiger partial charge in [0.25, 0.3) is 5.91 Å². The molecule has 1 aliphatic carbocycles. The van der Waals surface area contributed by atoms with Crippen LogP contribution in [0.15, 0.2) is 12.1 Å². The average Bonchev–Trinajstić information content (AvgIpc) is 3.01. The first-order valence-electron chi connectivity index (χ1n) is 7.34. The molecule has 7 heteroatoms. The second-order valence-electron chi connectivity index (χ2n) is 5.40. The van der Waals surface area contributed by atoms with Crippen molar-refractivity contribution >= 4 is 11.9 Å². The van der Waals surface area contributed by atoms with Gasteiger partial charge in [-0.3, -0.25) is 9.59 Å². The SMILES string of the molecule is COc1ccc(C(=O)N[C@@H]2CC[C@H](C(=O)O)C2)c(OC)c1OC. The molecule has 23 heavy (non-hydrogen) atoms. The van der Waals surface area contributed by atoms with Crippen molar-refractivity contribution < 1.29 is 28.9 Å². The van der Waals surface area contributed by atoms with Crippen molar-refractivity contribution in [2.45, 2.75) is 25.3 Å². The van der Waals surface area contributed by atoms with E-state index in [0.717, 1.165) is 0 Å². The van der Waals surface area contributed by atoms with Crippen molar-refractivity contribution in [1.82, 2.24) is 5.32 Å². The smallest absolute Gasteiger partial charge is 0.306 e. The summed E-state index contributed by atoms with van der Waals surface area (Å²) in [7, 11) is 4.42. The number of carbonyl (C=O) groups is 2. The van der Waals surface area contributed by atoms with E-state index < -0.39 is 11.9 Å². The minimum atomic E-state index is -0.814. The van der Waals surface area contributed by atoms with Crippen molar-refractivity contribution in [3.63, 3.8) is 0 Å². The molecule has 1 aromatic carbocycles. The molecule has 0 saturated heterocycles. The number of ether oxygens (including phenoxy) is 3. The van der Waals surface area contributed by atoms with Crippen LogP contribution in [0, 0.1) is 5.92 Å². The molecule has 0 aromatic heterocycles. The van der Waals surface area contributed by atoms with Crippen LogP contribution in [0.25, 0.3) is 0 Å². The number of carboxylic acid groups (broad SMARTS) is 1. The Labute approximate surface area is 134 Å². The highest BCUT2D eigenvalue weighted by molar-refractivity contribution is 5.98. The van der Waals surface area contributed by atoms with Crippen LogP contribution < -0.4 is 19.5 Å². The molecule has 0 aliphatic heterocycles. The van der Waals surface area contributed by atoms with Crippen LogP contribution in [0.4, 0.5) is 0 Å². The minimum Gasteiger partial charge on any atom is -0.493 e. The molecule has 2 N–H and O–H groups in total. The number of benzene rings is 1. The lowest BCUT2D eigenvalue weighted by Gasteiger charge is -2.17. The molecule has 0 radical (unpaired) electrons. The van der Waals surface area contributed by atoms with Crippen LogP contribution in [0.5, 0.6) is 17.2 Å². The van der Waals surface area contributed by atoms with Gasteiger partial charge in [-0.25, -0.2) is 0 Å². The maximum Gasteiger partial charge on any atom is 0.306 e. The molecule has 1 aliphatic rings. The number of hydrogen-bond donors (Lipinski definition) is 2. The first-order valence-corrected chi connectivity index (χ1v) is 7.34. The monoisotopic (exact) mass is 323 g/mol. The van der Waals surface area contributed by atoms with Gasteiger partial charge in [-0.15, -0.1) is 0 Å². The van der Waals surface area contributed by atoms with Gasteiger partial charge < -0.3 is 24.6 Å². The average molecular weight is 323 g/mol. The number of nitrogens with one attached hydrogen (secondary N) is 1. The van der Waals surface area contributed by atoms with Gasteiger partial charge >= 0.3 is 5.97 Å². The van der Waals surface area contributed by atoms with Gasteiger partial charge in [-0.05, 0) is 31.4 Å². The number of carboxylic acids is 1. The van der Waals surface area contributed by atoms with E-state index in [4.69, 9.17) is 19.3 Å². The quantitative estimate of drug-likeness (QED) is 0.827. The topological polar surface area (TPSA) is 94.1 Å². The third kappa shape index (κ3) is 3.49. The van der Waals surface area contributed by atoms with Crippen molar-refractivity contribution in [3.05, 3.63) is 17.7 Å². The molecule has 0 bridgehead atoms. The Kier molecular flexibility index (Phi) is 5.31. The van der Waals surface area contributed by atoms with E-state index in [-0.39, 0.29) is 17.7 Å². The number of methoxy groups -OCH3 is 3. The molecule has 0 spiro atoms. The van der Waals surface area contributed by atoms with E-state index in [9.17, 15) is 9.59 Å². The molecule has 2 rings (SSSR count). The highest BCUT2D eigenvalue weighted by Gasteiger charge is 2.31. The molecule has 126 valence electrons. The van der Waals surface area contributed by atoms with E-state index in [1.54, 1.807) is 12.1 Å². The maximum atomic E-state index is 12.5. The standard InChI is InChI=1S/C16H21NO6/c1-21-12-7-6-11(13(22-2)14(12)23-3)15(18)17-10-5-4-9(8-10)16(19)20/h6-7,9-10H,4-5,8H2,1-3H3,(H,17,18)(H,19,20)/t9-,10+/m0/s1. The molecule has 2 atom stereocenters.